The molecule has 1 aromatic rings. The summed E-state index contributed by atoms with van der Waals surface area (Å²) in [5, 5.41) is 0.768. The Morgan fingerprint density at radius 1 is 1.41 bits per heavy atom. The van der Waals surface area contributed by atoms with E-state index in [1.807, 2.05) is 18.2 Å². The molecule has 0 N–H and O–H groups in total. The molecule has 1 saturated carbocycles. The maximum Gasteiger partial charge on any atom is 0.235 e. The fraction of sp³-hybridized carbons (Fsp3) is 0.500. The van der Waals surface area contributed by atoms with Crippen LogP contribution in [-0.4, -0.2) is 6.08 Å². The number of hydrogen-bond donors (Lipinski definition) is 0. The van der Waals surface area contributed by atoms with Gasteiger partial charge in [0.15, 0.2) is 0 Å². The maximum atomic E-state index is 10.5. The van der Waals surface area contributed by atoms with Gasteiger partial charge in [-0.15, -0.1) is 0 Å². The van der Waals surface area contributed by atoms with Gasteiger partial charge in [-0.3, -0.25) is 0 Å². The Kier molecular flexibility index (Phi) is 3.37. The molecule has 0 unspecified atom stereocenters. The van der Waals surface area contributed by atoms with E-state index in [-0.39, 0.29) is 5.54 Å². The Hall–Kier alpha value is -1.11. The van der Waals surface area contributed by atoms with Crippen LogP contribution in [0, 0.1) is 0 Å². The van der Waals surface area contributed by atoms with Crippen molar-refractivity contribution in [2.75, 3.05) is 0 Å². The predicted octanol–water partition coefficient (Wildman–Crippen LogP) is 4.18. The Bertz CT molecular complexity index is 471. The molecule has 0 saturated heterocycles. The fourth-order valence-electron chi connectivity index (χ4n) is 2.35. The third-order valence-electron chi connectivity index (χ3n) is 3.60. The van der Waals surface area contributed by atoms with E-state index in [1.54, 1.807) is 6.08 Å². The van der Waals surface area contributed by atoms with Crippen LogP contribution in [0.4, 0.5) is 0 Å². The summed E-state index contributed by atoms with van der Waals surface area (Å²) in [6.07, 6.45) is 4.64. The second-order valence-corrected chi connectivity index (χ2v) is 5.39. The average molecular weight is 250 g/mol. The van der Waals surface area contributed by atoms with Crippen molar-refractivity contribution in [2.45, 2.75) is 44.6 Å². The van der Waals surface area contributed by atoms with Gasteiger partial charge in [0.2, 0.25) is 6.08 Å². The Labute approximate surface area is 107 Å². The monoisotopic (exact) mass is 249 g/mol. The molecule has 1 aliphatic carbocycles. The first-order valence-corrected chi connectivity index (χ1v) is 6.36. The van der Waals surface area contributed by atoms with E-state index in [0.29, 0.717) is 5.92 Å². The number of benzene rings is 1. The van der Waals surface area contributed by atoms with Crippen molar-refractivity contribution in [3.05, 3.63) is 34.3 Å². The molecule has 0 amide bonds. The number of aliphatic imine (C=N–C) groups is 1. The lowest BCUT2D eigenvalue weighted by Crippen LogP contribution is -2.31. The molecule has 1 aromatic carbocycles. The first kappa shape index (κ1) is 12.3. The smallest absolute Gasteiger partial charge is 0.211 e. The normalized spacial score (nSPS) is 17.4. The summed E-state index contributed by atoms with van der Waals surface area (Å²) in [7, 11) is 0. The van der Waals surface area contributed by atoms with Gasteiger partial charge in [0.25, 0.3) is 0 Å². The van der Waals surface area contributed by atoms with Crippen molar-refractivity contribution in [3.8, 4) is 0 Å². The standard InChI is InChI=1S/C14H16ClNO/c1-10(2)12-5-4-11(8-13(12)15)14(16-9-17)6-3-7-14/h4-5,8,10H,3,6-7H2,1-2H3. The first-order chi connectivity index (χ1) is 8.09. The second-order valence-electron chi connectivity index (χ2n) is 4.98. The highest BCUT2D eigenvalue weighted by Gasteiger charge is 2.39. The predicted molar refractivity (Wildman–Crippen MR) is 69.2 cm³/mol. The van der Waals surface area contributed by atoms with Gasteiger partial charge < -0.3 is 0 Å². The molecule has 2 nitrogen and oxygen atoms in total. The number of carbonyl (C=O) groups excluding carboxylic acids is 1. The molecule has 0 atom stereocenters. The molecule has 0 radical (unpaired) electrons. The van der Waals surface area contributed by atoms with Crippen molar-refractivity contribution in [2.24, 2.45) is 4.99 Å². The fourth-order valence-corrected chi connectivity index (χ4v) is 2.75. The van der Waals surface area contributed by atoms with Gasteiger partial charge in [0.05, 0.1) is 5.54 Å². The summed E-state index contributed by atoms with van der Waals surface area (Å²) in [5.74, 6) is 0.406. The van der Waals surface area contributed by atoms with Crippen LogP contribution in [0.25, 0.3) is 0 Å². The lowest BCUT2D eigenvalue weighted by atomic mass is 9.72. The Morgan fingerprint density at radius 3 is 2.53 bits per heavy atom. The number of hydrogen-bond acceptors (Lipinski definition) is 2. The summed E-state index contributed by atoms with van der Waals surface area (Å²) in [6, 6.07) is 6.04. The van der Waals surface area contributed by atoms with Gasteiger partial charge in [-0.1, -0.05) is 37.6 Å². The summed E-state index contributed by atoms with van der Waals surface area (Å²) >= 11 is 6.27. The van der Waals surface area contributed by atoms with E-state index < -0.39 is 0 Å². The largest absolute Gasteiger partial charge is 0.235 e. The molecule has 90 valence electrons. The molecule has 2 rings (SSSR count). The third-order valence-corrected chi connectivity index (χ3v) is 3.93. The minimum atomic E-state index is -0.346. The summed E-state index contributed by atoms with van der Waals surface area (Å²) in [4.78, 5) is 14.5. The van der Waals surface area contributed by atoms with E-state index in [4.69, 9.17) is 11.6 Å². The highest BCUT2D eigenvalue weighted by molar-refractivity contribution is 6.31. The average Bonchev–Trinajstić information content (AvgIpc) is 2.22. The van der Waals surface area contributed by atoms with Gasteiger partial charge in [-0.25, -0.2) is 4.79 Å². The quantitative estimate of drug-likeness (QED) is 0.584. The highest BCUT2D eigenvalue weighted by atomic mass is 35.5. The zero-order chi connectivity index (χ0) is 12.5. The number of isocyanates is 1. The van der Waals surface area contributed by atoms with Crippen LogP contribution >= 0.6 is 11.6 Å². The Balaban J connectivity index is 2.40. The van der Waals surface area contributed by atoms with Gasteiger partial charge in [-0.2, -0.15) is 4.99 Å². The maximum absolute atomic E-state index is 10.5. The van der Waals surface area contributed by atoms with Crippen molar-refractivity contribution in [1.29, 1.82) is 0 Å². The zero-order valence-electron chi connectivity index (χ0n) is 10.2. The summed E-state index contributed by atoms with van der Waals surface area (Å²) in [6.45, 7) is 4.23. The number of rotatable bonds is 3. The SMILES string of the molecule is CC(C)c1ccc(C2(N=C=O)CCC2)cc1Cl. The second kappa shape index (κ2) is 4.64. The van der Waals surface area contributed by atoms with Crippen molar-refractivity contribution < 1.29 is 4.79 Å². The first-order valence-electron chi connectivity index (χ1n) is 5.98. The molecule has 0 heterocycles. The van der Waals surface area contributed by atoms with Crippen LogP contribution in [0.5, 0.6) is 0 Å². The van der Waals surface area contributed by atoms with E-state index >= 15 is 0 Å². The molecule has 1 aliphatic rings. The minimum Gasteiger partial charge on any atom is -0.211 e. The van der Waals surface area contributed by atoms with Crippen molar-refractivity contribution in [1.82, 2.24) is 0 Å². The van der Waals surface area contributed by atoms with Crippen molar-refractivity contribution >= 4 is 17.7 Å². The van der Waals surface area contributed by atoms with Crippen LogP contribution in [0.1, 0.15) is 50.2 Å². The topological polar surface area (TPSA) is 29.4 Å². The molecule has 0 aromatic heterocycles. The van der Waals surface area contributed by atoms with Crippen molar-refractivity contribution in [3.63, 3.8) is 0 Å². The summed E-state index contributed by atoms with van der Waals surface area (Å²) < 4.78 is 0. The molecule has 0 bridgehead atoms. The van der Waals surface area contributed by atoms with Crippen LogP contribution in [-0.2, 0) is 10.3 Å². The number of nitrogens with zero attached hydrogens (tertiary/aromatic N) is 1. The van der Waals surface area contributed by atoms with Gasteiger partial charge >= 0.3 is 0 Å². The number of halogens is 1. The van der Waals surface area contributed by atoms with Gasteiger partial charge in [0.1, 0.15) is 0 Å². The molecule has 0 spiro atoms. The third kappa shape index (κ3) is 2.15. The molecular formula is C14H16ClNO. The van der Waals surface area contributed by atoms with E-state index in [9.17, 15) is 4.79 Å². The van der Waals surface area contributed by atoms with Crippen LogP contribution < -0.4 is 0 Å². The van der Waals surface area contributed by atoms with E-state index in [0.717, 1.165) is 35.4 Å². The Morgan fingerprint density at radius 2 is 2.12 bits per heavy atom. The zero-order valence-corrected chi connectivity index (χ0v) is 10.9. The van der Waals surface area contributed by atoms with E-state index in [2.05, 4.69) is 18.8 Å². The lowest BCUT2D eigenvalue weighted by Gasteiger charge is -2.37. The van der Waals surface area contributed by atoms with Crippen LogP contribution in [0.2, 0.25) is 5.02 Å². The molecule has 17 heavy (non-hydrogen) atoms. The molecule has 1 fully saturated rings. The molecule has 0 aliphatic heterocycles. The minimum absolute atomic E-state index is 0.346. The van der Waals surface area contributed by atoms with E-state index in [1.165, 1.54) is 0 Å². The highest BCUT2D eigenvalue weighted by Crippen LogP contribution is 2.45. The van der Waals surface area contributed by atoms with Crippen LogP contribution in [0.3, 0.4) is 0 Å². The molecular weight excluding hydrogens is 234 g/mol. The van der Waals surface area contributed by atoms with Gasteiger partial charge in [0, 0.05) is 5.02 Å². The lowest BCUT2D eigenvalue weighted by molar-refractivity contribution is 0.256. The van der Waals surface area contributed by atoms with Crippen LogP contribution in [0.15, 0.2) is 23.2 Å². The summed E-state index contributed by atoms with van der Waals surface area (Å²) in [5.41, 5.74) is 1.84. The van der Waals surface area contributed by atoms with Gasteiger partial charge in [-0.05, 0) is 42.4 Å². The molecule has 3 heteroatoms.